The Morgan fingerprint density at radius 3 is 2.67 bits per heavy atom. The lowest BCUT2D eigenvalue weighted by Crippen LogP contribution is -2.40. The summed E-state index contributed by atoms with van der Waals surface area (Å²) < 4.78 is 1.93. The molecule has 1 aliphatic heterocycles. The van der Waals surface area contributed by atoms with Crippen molar-refractivity contribution in [1.82, 2.24) is 20.4 Å². The van der Waals surface area contributed by atoms with E-state index in [-0.39, 0.29) is 0 Å². The summed E-state index contributed by atoms with van der Waals surface area (Å²) in [5.74, 6) is 1.52. The highest BCUT2D eigenvalue weighted by atomic mass is 15.3. The standard InChI is InChI=1S/C21H32N6/c1-5-22-21(24-14-20-16(2)25-26(4)17(20)3)23-13-18-11-12-27(15-18)19-9-7-6-8-10-19/h6-10,18H,5,11-15H2,1-4H3,(H2,22,23,24). The van der Waals surface area contributed by atoms with Crippen LogP contribution in [-0.2, 0) is 13.6 Å². The Balaban J connectivity index is 1.55. The first-order valence-corrected chi connectivity index (χ1v) is 9.89. The number of anilines is 1. The summed E-state index contributed by atoms with van der Waals surface area (Å²) in [4.78, 5) is 7.26. The third-order valence-corrected chi connectivity index (χ3v) is 5.36. The summed E-state index contributed by atoms with van der Waals surface area (Å²) >= 11 is 0. The smallest absolute Gasteiger partial charge is 0.191 e. The van der Waals surface area contributed by atoms with Crippen LogP contribution in [0.4, 0.5) is 5.69 Å². The van der Waals surface area contributed by atoms with Crippen molar-refractivity contribution in [3.8, 4) is 0 Å². The summed E-state index contributed by atoms with van der Waals surface area (Å²) in [7, 11) is 1.98. The molecule has 2 aromatic rings. The molecule has 1 aliphatic rings. The molecule has 0 radical (unpaired) electrons. The Bertz CT molecular complexity index is 764. The molecule has 1 aromatic heterocycles. The van der Waals surface area contributed by atoms with E-state index in [4.69, 9.17) is 4.99 Å². The Morgan fingerprint density at radius 2 is 2.00 bits per heavy atom. The van der Waals surface area contributed by atoms with Gasteiger partial charge < -0.3 is 15.5 Å². The topological polar surface area (TPSA) is 57.5 Å². The number of nitrogens with zero attached hydrogens (tertiary/aromatic N) is 4. The fourth-order valence-corrected chi connectivity index (χ4v) is 3.66. The van der Waals surface area contributed by atoms with Gasteiger partial charge in [0.05, 0.1) is 12.2 Å². The van der Waals surface area contributed by atoms with E-state index in [1.54, 1.807) is 0 Å². The van der Waals surface area contributed by atoms with E-state index in [2.05, 4.69) is 71.7 Å². The minimum atomic E-state index is 0.635. The molecular weight excluding hydrogens is 336 g/mol. The number of hydrogen-bond acceptors (Lipinski definition) is 3. The molecule has 0 amide bonds. The van der Waals surface area contributed by atoms with E-state index < -0.39 is 0 Å². The molecule has 3 rings (SSSR count). The predicted molar refractivity (Wildman–Crippen MR) is 112 cm³/mol. The molecule has 27 heavy (non-hydrogen) atoms. The number of aryl methyl sites for hydroxylation is 2. The SMILES string of the molecule is CCNC(=NCc1c(C)nn(C)c1C)NCC1CCN(c2ccccc2)C1. The van der Waals surface area contributed by atoms with Gasteiger partial charge in [0.2, 0.25) is 0 Å². The second-order valence-electron chi connectivity index (χ2n) is 7.29. The van der Waals surface area contributed by atoms with Crippen molar-refractivity contribution in [2.45, 2.75) is 33.7 Å². The van der Waals surface area contributed by atoms with Gasteiger partial charge in [-0.05, 0) is 45.2 Å². The number of hydrogen-bond donors (Lipinski definition) is 2. The maximum absolute atomic E-state index is 4.78. The Labute approximate surface area is 162 Å². The Kier molecular flexibility index (Phi) is 6.37. The predicted octanol–water partition coefficient (Wildman–Crippen LogP) is 2.62. The third-order valence-electron chi connectivity index (χ3n) is 5.36. The lowest BCUT2D eigenvalue weighted by molar-refractivity contribution is 0.566. The highest BCUT2D eigenvalue weighted by molar-refractivity contribution is 5.79. The molecule has 1 atom stereocenters. The molecule has 1 aromatic carbocycles. The second-order valence-corrected chi connectivity index (χ2v) is 7.29. The van der Waals surface area contributed by atoms with Crippen LogP contribution < -0.4 is 15.5 Å². The average Bonchev–Trinajstić information content (AvgIpc) is 3.24. The average molecular weight is 369 g/mol. The number of para-hydroxylation sites is 1. The van der Waals surface area contributed by atoms with Crippen LogP contribution in [0.5, 0.6) is 0 Å². The van der Waals surface area contributed by atoms with E-state index in [1.807, 2.05) is 11.7 Å². The summed E-state index contributed by atoms with van der Waals surface area (Å²) in [5.41, 5.74) is 4.78. The summed E-state index contributed by atoms with van der Waals surface area (Å²) in [5, 5.41) is 11.4. The molecule has 0 aliphatic carbocycles. The molecule has 146 valence electrons. The molecule has 0 saturated carbocycles. The number of guanidine groups is 1. The summed E-state index contributed by atoms with van der Waals surface area (Å²) in [6.07, 6.45) is 1.21. The zero-order chi connectivity index (χ0) is 19.2. The molecule has 1 saturated heterocycles. The lowest BCUT2D eigenvalue weighted by atomic mass is 10.1. The number of aliphatic imine (C=N–C) groups is 1. The van der Waals surface area contributed by atoms with Crippen molar-refractivity contribution < 1.29 is 0 Å². The fourth-order valence-electron chi connectivity index (χ4n) is 3.66. The van der Waals surface area contributed by atoms with Crippen LogP contribution in [-0.4, -0.2) is 41.9 Å². The Morgan fingerprint density at radius 1 is 1.22 bits per heavy atom. The monoisotopic (exact) mass is 368 g/mol. The van der Waals surface area contributed by atoms with Gasteiger partial charge in [0.1, 0.15) is 0 Å². The molecular formula is C21H32N6. The van der Waals surface area contributed by atoms with Crippen molar-refractivity contribution in [1.29, 1.82) is 0 Å². The molecule has 1 unspecified atom stereocenters. The van der Waals surface area contributed by atoms with E-state index in [0.717, 1.165) is 37.8 Å². The Hall–Kier alpha value is -2.50. The molecule has 6 nitrogen and oxygen atoms in total. The zero-order valence-electron chi connectivity index (χ0n) is 17.0. The highest BCUT2D eigenvalue weighted by Gasteiger charge is 2.22. The van der Waals surface area contributed by atoms with Gasteiger partial charge in [-0.15, -0.1) is 0 Å². The zero-order valence-corrected chi connectivity index (χ0v) is 17.0. The van der Waals surface area contributed by atoms with Gasteiger partial charge in [0.15, 0.2) is 5.96 Å². The van der Waals surface area contributed by atoms with E-state index in [1.165, 1.54) is 23.4 Å². The highest BCUT2D eigenvalue weighted by Crippen LogP contribution is 2.22. The first-order chi connectivity index (χ1) is 13.1. The van der Waals surface area contributed by atoms with Crippen molar-refractivity contribution in [3.63, 3.8) is 0 Å². The van der Waals surface area contributed by atoms with Crippen LogP contribution in [0.25, 0.3) is 0 Å². The molecule has 2 heterocycles. The van der Waals surface area contributed by atoms with Gasteiger partial charge in [0.25, 0.3) is 0 Å². The van der Waals surface area contributed by atoms with Gasteiger partial charge in [-0.25, -0.2) is 4.99 Å². The van der Waals surface area contributed by atoms with Crippen LogP contribution in [0.1, 0.15) is 30.3 Å². The molecule has 1 fully saturated rings. The number of aromatic nitrogens is 2. The van der Waals surface area contributed by atoms with Crippen LogP contribution in [0.3, 0.4) is 0 Å². The minimum absolute atomic E-state index is 0.635. The van der Waals surface area contributed by atoms with E-state index in [9.17, 15) is 0 Å². The largest absolute Gasteiger partial charge is 0.371 e. The van der Waals surface area contributed by atoms with Crippen LogP contribution in [0.15, 0.2) is 35.3 Å². The maximum Gasteiger partial charge on any atom is 0.191 e. The number of nitrogens with one attached hydrogen (secondary N) is 2. The molecule has 6 heteroatoms. The van der Waals surface area contributed by atoms with Crippen LogP contribution >= 0.6 is 0 Å². The molecule has 2 N–H and O–H groups in total. The minimum Gasteiger partial charge on any atom is -0.371 e. The van der Waals surface area contributed by atoms with Gasteiger partial charge in [0, 0.05) is 50.2 Å². The van der Waals surface area contributed by atoms with E-state index >= 15 is 0 Å². The first kappa shape index (κ1) is 19.3. The number of benzene rings is 1. The molecule has 0 bridgehead atoms. The summed E-state index contributed by atoms with van der Waals surface area (Å²) in [6, 6.07) is 10.7. The lowest BCUT2D eigenvalue weighted by Gasteiger charge is -2.19. The quantitative estimate of drug-likeness (QED) is 0.608. The van der Waals surface area contributed by atoms with E-state index in [0.29, 0.717) is 12.5 Å². The first-order valence-electron chi connectivity index (χ1n) is 9.89. The van der Waals surface area contributed by atoms with Crippen molar-refractivity contribution in [3.05, 3.63) is 47.3 Å². The summed E-state index contributed by atoms with van der Waals surface area (Å²) in [6.45, 7) is 10.9. The van der Waals surface area contributed by atoms with Gasteiger partial charge in [-0.3, -0.25) is 4.68 Å². The van der Waals surface area contributed by atoms with Gasteiger partial charge in [-0.1, -0.05) is 18.2 Å². The number of rotatable bonds is 6. The van der Waals surface area contributed by atoms with Crippen molar-refractivity contribution in [2.24, 2.45) is 18.0 Å². The van der Waals surface area contributed by atoms with Crippen LogP contribution in [0, 0.1) is 19.8 Å². The van der Waals surface area contributed by atoms with Crippen molar-refractivity contribution in [2.75, 3.05) is 31.1 Å². The van der Waals surface area contributed by atoms with Crippen molar-refractivity contribution >= 4 is 11.6 Å². The normalized spacial score (nSPS) is 17.4. The van der Waals surface area contributed by atoms with Gasteiger partial charge >= 0.3 is 0 Å². The fraction of sp³-hybridized carbons (Fsp3) is 0.524. The van der Waals surface area contributed by atoms with Crippen LogP contribution in [0.2, 0.25) is 0 Å². The second kappa shape index (κ2) is 8.93. The third kappa shape index (κ3) is 4.81. The van der Waals surface area contributed by atoms with Gasteiger partial charge in [-0.2, -0.15) is 5.10 Å². The maximum atomic E-state index is 4.78. The molecule has 0 spiro atoms.